The number of thiophene rings is 1. The Kier molecular flexibility index (Phi) is 4.61. The molecule has 2 aromatic heterocycles. The average Bonchev–Trinajstić information content (AvgIpc) is 3.13. The molecule has 1 saturated carbocycles. The lowest BCUT2D eigenvalue weighted by atomic mass is 9.81. The first-order chi connectivity index (χ1) is 10.1. The summed E-state index contributed by atoms with van der Waals surface area (Å²) in [6.07, 6.45) is 3.98. The van der Waals surface area contributed by atoms with E-state index in [-0.39, 0.29) is 0 Å². The van der Waals surface area contributed by atoms with Crippen LogP contribution in [0, 0.1) is 5.92 Å². The van der Waals surface area contributed by atoms with Gasteiger partial charge in [0.05, 0.1) is 12.1 Å². The summed E-state index contributed by atoms with van der Waals surface area (Å²) in [4.78, 5) is 1.23. The Labute approximate surface area is 132 Å². The van der Waals surface area contributed by atoms with Gasteiger partial charge in [0.15, 0.2) is 0 Å². The molecule has 2 aromatic rings. The molecule has 21 heavy (non-hydrogen) atoms. The number of aliphatic hydroxyl groups is 1. The maximum absolute atomic E-state index is 10.6. The van der Waals surface area contributed by atoms with E-state index in [0.717, 1.165) is 36.8 Å². The van der Waals surface area contributed by atoms with Crippen LogP contribution in [-0.2, 0) is 6.54 Å². The average molecular weight is 324 g/mol. The van der Waals surface area contributed by atoms with Crippen molar-refractivity contribution in [2.24, 2.45) is 5.92 Å². The van der Waals surface area contributed by atoms with E-state index in [2.05, 4.69) is 33.9 Å². The summed E-state index contributed by atoms with van der Waals surface area (Å²) in [6.45, 7) is 2.96. The molecule has 114 valence electrons. The van der Waals surface area contributed by atoms with Gasteiger partial charge in [-0.25, -0.2) is 4.68 Å². The predicted octanol–water partition coefficient (Wildman–Crippen LogP) is 2.82. The van der Waals surface area contributed by atoms with Crippen LogP contribution in [0.15, 0.2) is 22.7 Å². The predicted molar refractivity (Wildman–Crippen MR) is 84.5 cm³/mol. The first kappa shape index (κ1) is 15.0. The van der Waals surface area contributed by atoms with Crippen molar-refractivity contribution in [3.05, 3.63) is 22.4 Å². The minimum atomic E-state index is -0.559. The summed E-state index contributed by atoms with van der Waals surface area (Å²) < 4.78 is 1.81. The zero-order valence-electron chi connectivity index (χ0n) is 12.1. The van der Waals surface area contributed by atoms with Gasteiger partial charge in [0.25, 0.3) is 0 Å². The molecule has 5 nitrogen and oxygen atoms in total. The van der Waals surface area contributed by atoms with Crippen LogP contribution in [0.1, 0.15) is 37.5 Å². The second-order valence-corrected chi connectivity index (χ2v) is 7.87. The molecule has 0 radical (unpaired) electrons. The molecule has 0 atom stereocenters. The van der Waals surface area contributed by atoms with E-state index in [9.17, 15) is 5.11 Å². The maximum atomic E-state index is 10.6. The van der Waals surface area contributed by atoms with E-state index < -0.39 is 5.60 Å². The van der Waals surface area contributed by atoms with Gasteiger partial charge >= 0.3 is 0 Å². The van der Waals surface area contributed by atoms with Crippen molar-refractivity contribution in [2.75, 3.05) is 5.75 Å². The molecule has 0 unspecified atom stereocenters. The van der Waals surface area contributed by atoms with Crippen LogP contribution in [0.25, 0.3) is 0 Å². The largest absolute Gasteiger partial charge is 0.389 e. The second-order valence-electron chi connectivity index (χ2n) is 5.89. The van der Waals surface area contributed by atoms with Gasteiger partial charge in [-0.2, -0.15) is 0 Å². The number of thioether (sulfide) groups is 1. The van der Waals surface area contributed by atoms with Gasteiger partial charge in [-0.1, -0.05) is 24.8 Å². The molecule has 0 aromatic carbocycles. The Balaban J connectivity index is 1.59. The van der Waals surface area contributed by atoms with Gasteiger partial charge < -0.3 is 5.11 Å². The second kappa shape index (κ2) is 6.46. The highest BCUT2D eigenvalue weighted by atomic mass is 32.2. The molecule has 2 heterocycles. The Hall–Kier alpha value is -0.920. The minimum Gasteiger partial charge on any atom is -0.389 e. The van der Waals surface area contributed by atoms with Gasteiger partial charge in [0, 0.05) is 10.6 Å². The normalized spacial score (nSPS) is 26.1. The summed E-state index contributed by atoms with van der Waals surface area (Å²) in [5.41, 5.74) is -0.559. The lowest BCUT2D eigenvalue weighted by Gasteiger charge is -2.34. The van der Waals surface area contributed by atoms with Crippen molar-refractivity contribution in [3.8, 4) is 0 Å². The van der Waals surface area contributed by atoms with Gasteiger partial charge in [-0.05, 0) is 53.5 Å². The minimum absolute atomic E-state index is 0.559. The number of nitrogens with zero attached hydrogens (tertiary/aromatic N) is 4. The summed E-state index contributed by atoms with van der Waals surface area (Å²) >= 11 is 3.26. The Morgan fingerprint density at radius 3 is 3.00 bits per heavy atom. The van der Waals surface area contributed by atoms with E-state index in [1.165, 1.54) is 4.88 Å². The molecular weight excluding hydrogens is 304 g/mol. The molecule has 3 rings (SSSR count). The summed E-state index contributed by atoms with van der Waals surface area (Å²) in [7, 11) is 0. The lowest BCUT2D eigenvalue weighted by Crippen LogP contribution is -2.36. The highest BCUT2D eigenvalue weighted by molar-refractivity contribution is 7.99. The van der Waals surface area contributed by atoms with Crippen molar-refractivity contribution in [3.63, 3.8) is 0 Å². The van der Waals surface area contributed by atoms with Crippen molar-refractivity contribution in [1.82, 2.24) is 20.2 Å². The molecule has 0 spiro atoms. The highest BCUT2D eigenvalue weighted by Gasteiger charge is 2.32. The fourth-order valence-corrected chi connectivity index (χ4v) is 4.31. The highest BCUT2D eigenvalue weighted by Crippen LogP contribution is 2.35. The van der Waals surface area contributed by atoms with E-state index in [1.807, 2.05) is 10.7 Å². The Bertz CT molecular complexity index is 561. The van der Waals surface area contributed by atoms with E-state index in [4.69, 9.17) is 0 Å². The van der Waals surface area contributed by atoms with Crippen molar-refractivity contribution >= 4 is 23.1 Å². The number of aromatic nitrogens is 4. The van der Waals surface area contributed by atoms with Crippen LogP contribution in [0.2, 0.25) is 0 Å². The summed E-state index contributed by atoms with van der Waals surface area (Å²) in [5, 5.41) is 25.4. The molecule has 1 N–H and O–H groups in total. The summed E-state index contributed by atoms with van der Waals surface area (Å²) in [6, 6.07) is 4.11. The van der Waals surface area contributed by atoms with E-state index >= 15 is 0 Å². The van der Waals surface area contributed by atoms with Crippen molar-refractivity contribution in [2.45, 2.75) is 49.9 Å². The molecular formula is C14H20N4OS2. The van der Waals surface area contributed by atoms with E-state index in [0.29, 0.717) is 12.3 Å². The van der Waals surface area contributed by atoms with Crippen LogP contribution in [0.4, 0.5) is 0 Å². The van der Waals surface area contributed by atoms with Gasteiger partial charge in [-0.3, -0.25) is 0 Å². The monoisotopic (exact) mass is 324 g/mol. The molecule has 1 aliphatic rings. The first-order valence-electron chi connectivity index (χ1n) is 7.28. The fraction of sp³-hybridized carbons (Fsp3) is 0.643. The smallest absolute Gasteiger partial charge is 0.209 e. The van der Waals surface area contributed by atoms with Gasteiger partial charge in [0.1, 0.15) is 0 Å². The quantitative estimate of drug-likeness (QED) is 0.857. The lowest BCUT2D eigenvalue weighted by molar-refractivity contribution is 0.0149. The van der Waals surface area contributed by atoms with Crippen LogP contribution in [0.3, 0.4) is 0 Å². The number of rotatable bonds is 5. The third-order valence-corrected chi connectivity index (χ3v) is 6.15. The van der Waals surface area contributed by atoms with Gasteiger partial charge in [0.2, 0.25) is 5.16 Å². The van der Waals surface area contributed by atoms with Crippen LogP contribution in [-0.4, -0.2) is 36.7 Å². The standard InChI is InChI=1S/C14H20N4OS2/c1-11-4-6-14(19,7-5-11)10-21-13-15-16-17-18(13)9-12-3-2-8-20-12/h2-3,8,11,19H,4-7,9-10H2,1H3. The molecule has 7 heteroatoms. The molecule has 1 fully saturated rings. The fourth-order valence-electron chi connectivity index (χ4n) is 2.59. The topological polar surface area (TPSA) is 63.8 Å². The molecule has 1 aliphatic carbocycles. The number of tetrazole rings is 1. The number of hydrogen-bond acceptors (Lipinski definition) is 6. The summed E-state index contributed by atoms with van der Waals surface area (Å²) in [5.74, 6) is 1.41. The molecule has 0 bridgehead atoms. The Morgan fingerprint density at radius 1 is 1.48 bits per heavy atom. The first-order valence-corrected chi connectivity index (χ1v) is 9.15. The van der Waals surface area contributed by atoms with Crippen LogP contribution in [0.5, 0.6) is 0 Å². The third-order valence-electron chi connectivity index (χ3n) is 4.06. The van der Waals surface area contributed by atoms with Crippen LogP contribution < -0.4 is 0 Å². The van der Waals surface area contributed by atoms with Crippen LogP contribution >= 0.6 is 23.1 Å². The molecule has 0 saturated heterocycles. The van der Waals surface area contributed by atoms with Crippen molar-refractivity contribution < 1.29 is 5.11 Å². The van der Waals surface area contributed by atoms with Gasteiger partial charge in [-0.15, -0.1) is 16.4 Å². The molecule has 0 aliphatic heterocycles. The Morgan fingerprint density at radius 2 is 2.29 bits per heavy atom. The SMILES string of the molecule is CC1CCC(O)(CSc2nnnn2Cc2cccs2)CC1. The maximum Gasteiger partial charge on any atom is 0.209 e. The zero-order valence-corrected chi connectivity index (χ0v) is 13.7. The third kappa shape index (κ3) is 3.84. The van der Waals surface area contributed by atoms with Crippen molar-refractivity contribution in [1.29, 1.82) is 0 Å². The zero-order chi connectivity index (χ0) is 14.7. The molecule has 0 amide bonds. The van der Waals surface area contributed by atoms with E-state index in [1.54, 1.807) is 23.1 Å². The number of hydrogen-bond donors (Lipinski definition) is 1.